The molecule has 0 unspecified atom stereocenters. The zero-order valence-electron chi connectivity index (χ0n) is 15.1. The summed E-state index contributed by atoms with van der Waals surface area (Å²) in [7, 11) is 0. The molecule has 0 radical (unpaired) electrons. The zero-order chi connectivity index (χ0) is 17.6. The van der Waals surface area contributed by atoms with Gasteiger partial charge in [-0.25, -0.2) is 4.98 Å². The first-order valence-corrected chi connectivity index (χ1v) is 9.92. The van der Waals surface area contributed by atoms with Gasteiger partial charge in [-0.1, -0.05) is 24.3 Å². The van der Waals surface area contributed by atoms with Crippen molar-refractivity contribution in [2.24, 2.45) is 5.92 Å². The van der Waals surface area contributed by atoms with E-state index in [1.165, 1.54) is 22.4 Å². The molecular weight excluding hydrogens is 330 g/mol. The fourth-order valence-electron chi connectivity index (χ4n) is 3.39. The first-order valence-electron chi connectivity index (χ1n) is 9.04. The van der Waals surface area contributed by atoms with E-state index >= 15 is 0 Å². The highest BCUT2D eigenvalue weighted by atomic mass is 32.1. The molecule has 1 amide bonds. The number of carbonyl (C=O) groups is 1. The van der Waals surface area contributed by atoms with Gasteiger partial charge in [0.15, 0.2) is 0 Å². The van der Waals surface area contributed by atoms with Crippen LogP contribution in [0.25, 0.3) is 0 Å². The Morgan fingerprint density at radius 1 is 1.36 bits per heavy atom. The van der Waals surface area contributed by atoms with Crippen molar-refractivity contribution in [3.05, 3.63) is 51.5 Å². The van der Waals surface area contributed by atoms with Crippen LogP contribution < -0.4 is 5.32 Å². The maximum absolute atomic E-state index is 12.1. The Morgan fingerprint density at radius 2 is 2.20 bits per heavy atom. The third kappa shape index (κ3) is 5.13. The minimum absolute atomic E-state index is 0.158. The summed E-state index contributed by atoms with van der Waals surface area (Å²) in [5.74, 6) is 0.725. The van der Waals surface area contributed by atoms with Gasteiger partial charge >= 0.3 is 0 Å². The molecule has 0 saturated carbocycles. The second-order valence-corrected chi connectivity index (χ2v) is 7.92. The number of nitrogens with zero attached hydrogens (tertiary/aromatic N) is 2. The highest BCUT2D eigenvalue weighted by Crippen LogP contribution is 2.20. The number of nitrogens with one attached hydrogen (secondary N) is 1. The Labute approximate surface area is 154 Å². The van der Waals surface area contributed by atoms with E-state index < -0.39 is 0 Å². The molecule has 4 nitrogen and oxygen atoms in total. The van der Waals surface area contributed by atoms with Gasteiger partial charge in [-0.15, -0.1) is 11.3 Å². The molecule has 0 spiro atoms. The van der Waals surface area contributed by atoms with Gasteiger partial charge in [-0.3, -0.25) is 9.69 Å². The van der Waals surface area contributed by atoms with Gasteiger partial charge in [0.2, 0.25) is 5.91 Å². The molecule has 1 atom stereocenters. The Morgan fingerprint density at radius 3 is 2.96 bits per heavy atom. The largest absolute Gasteiger partial charge is 0.356 e. The SMILES string of the molecule is Cc1ccccc1CN1CC[C@H](CNC(=O)CCc2scnc2C)C1. The summed E-state index contributed by atoms with van der Waals surface area (Å²) in [6.07, 6.45) is 2.52. The first-order chi connectivity index (χ1) is 12.1. The summed E-state index contributed by atoms with van der Waals surface area (Å²) in [5, 5.41) is 3.12. The van der Waals surface area contributed by atoms with Crippen LogP contribution in [-0.4, -0.2) is 35.4 Å². The molecular formula is C20H27N3OS. The van der Waals surface area contributed by atoms with Crippen molar-refractivity contribution < 1.29 is 4.79 Å². The fraction of sp³-hybridized carbons (Fsp3) is 0.500. The van der Waals surface area contributed by atoms with Crippen LogP contribution in [0.3, 0.4) is 0 Å². The Bertz CT molecular complexity index is 712. The molecule has 1 aromatic carbocycles. The van der Waals surface area contributed by atoms with Gasteiger partial charge in [0.1, 0.15) is 0 Å². The standard InChI is InChI=1S/C20H27N3OS/c1-15-5-3-4-6-18(15)13-23-10-9-17(12-23)11-21-20(24)8-7-19-16(2)22-14-25-19/h3-6,14,17H,7-13H2,1-2H3,(H,21,24)/t17-/m1/s1. The smallest absolute Gasteiger partial charge is 0.220 e. The molecule has 3 rings (SSSR count). The zero-order valence-corrected chi connectivity index (χ0v) is 15.9. The fourth-order valence-corrected chi connectivity index (χ4v) is 4.17. The van der Waals surface area contributed by atoms with E-state index in [4.69, 9.17) is 0 Å². The van der Waals surface area contributed by atoms with E-state index in [-0.39, 0.29) is 5.91 Å². The summed E-state index contributed by atoms with van der Waals surface area (Å²) < 4.78 is 0. The van der Waals surface area contributed by atoms with E-state index in [1.807, 2.05) is 12.4 Å². The van der Waals surface area contributed by atoms with Gasteiger partial charge in [-0.05, 0) is 50.3 Å². The number of hydrogen-bond acceptors (Lipinski definition) is 4. The lowest BCUT2D eigenvalue weighted by molar-refractivity contribution is -0.121. The normalized spacial score (nSPS) is 17.8. The summed E-state index contributed by atoms with van der Waals surface area (Å²) in [6.45, 7) is 8.18. The van der Waals surface area contributed by atoms with E-state index in [1.54, 1.807) is 11.3 Å². The summed E-state index contributed by atoms with van der Waals surface area (Å²) in [4.78, 5) is 20.0. The lowest BCUT2D eigenvalue weighted by Crippen LogP contribution is -2.31. The van der Waals surface area contributed by atoms with Crippen molar-refractivity contribution in [1.82, 2.24) is 15.2 Å². The van der Waals surface area contributed by atoms with Crippen LogP contribution in [0.1, 0.15) is 34.5 Å². The van der Waals surface area contributed by atoms with Gasteiger partial charge in [0.25, 0.3) is 0 Å². The number of aryl methyl sites for hydroxylation is 3. The van der Waals surface area contributed by atoms with Crippen LogP contribution in [0.5, 0.6) is 0 Å². The number of aromatic nitrogens is 1. The number of benzene rings is 1. The van der Waals surface area contributed by atoms with Crippen molar-refractivity contribution >= 4 is 17.2 Å². The predicted octanol–water partition coefficient (Wildman–Crippen LogP) is 3.33. The molecule has 25 heavy (non-hydrogen) atoms. The summed E-state index contributed by atoms with van der Waals surface area (Å²) >= 11 is 1.64. The van der Waals surface area contributed by atoms with Crippen LogP contribution in [0.2, 0.25) is 0 Å². The topological polar surface area (TPSA) is 45.2 Å². The maximum Gasteiger partial charge on any atom is 0.220 e. The second kappa shape index (κ2) is 8.59. The van der Waals surface area contributed by atoms with E-state index in [9.17, 15) is 4.79 Å². The lowest BCUT2D eigenvalue weighted by atomic mass is 10.1. The molecule has 1 N–H and O–H groups in total. The van der Waals surface area contributed by atoms with E-state index in [0.717, 1.165) is 38.3 Å². The average molecular weight is 358 g/mol. The third-order valence-electron chi connectivity index (χ3n) is 5.04. The van der Waals surface area contributed by atoms with Gasteiger partial charge in [0, 0.05) is 30.9 Å². The molecule has 134 valence electrons. The molecule has 5 heteroatoms. The van der Waals surface area contributed by atoms with Crippen LogP contribution >= 0.6 is 11.3 Å². The van der Waals surface area contributed by atoms with Gasteiger partial charge in [0.05, 0.1) is 11.2 Å². The Hall–Kier alpha value is -1.72. The van der Waals surface area contributed by atoms with Crippen molar-refractivity contribution in [1.29, 1.82) is 0 Å². The van der Waals surface area contributed by atoms with Gasteiger partial charge in [-0.2, -0.15) is 0 Å². The van der Waals surface area contributed by atoms with Crippen LogP contribution in [-0.2, 0) is 17.8 Å². The molecule has 1 fully saturated rings. The Kier molecular flexibility index (Phi) is 6.21. The highest BCUT2D eigenvalue weighted by molar-refractivity contribution is 7.09. The number of carbonyl (C=O) groups excluding carboxylic acids is 1. The monoisotopic (exact) mass is 357 g/mol. The number of hydrogen-bond donors (Lipinski definition) is 1. The van der Waals surface area contributed by atoms with Gasteiger partial charge < -0.3 is 5.32 Å². The van der Waals surface area contributed by atoms with Crippen molar-refractivity contribution in [2.75, 3.05) is 19.6 Å². The molecule has 1 saturated heterocycles. The molecule has 2 heterocycles. The molecule has 1 aliphatic rings. The second-order valence-electron chi connectivity index (χ2n) is 6.98. The minimum atomic E-state index is 0.158. The van der Waals surface area contributed by atoms with Crippen LogP contribution in [0, 0.1) is 19.8 Å². The number of thiazole rings is 1. The third-order valence-corrected chi connectivity index (χ3v) is 6.03. The molecule has 2 aromatic rings. The summed E-state index contributed by atoms with van der Waals surface area (Å²) in [6, 6.07) is 8.59. The number of likely N-dealkylation sites (tertiary alicyclic amines) is 1. The summed E-state index contributed by atoms with van der Waals surface area (Å²) in [5.41, 5.74) is 5.68. The maximum atomic E-state index is 12.1. The highest BCUT2D eigenvalue weighted by Gasteiger charge is 2.23. The molecule has 1 aliphatic heterocycles. The van der Waals surface area contributed by atoms with E-state index in [0.29, 0.717) is 12.3 Å². The average Bonchev–Trinajstić information content (AvgIpc) is 3.22. The quantitative estimate of drug-likeness (QED) is 0.827. The van der Waals surface area contributed by atoms with Crippen molar-refractivity contribution in [3.63, 3.8) is 0 Å². The lowest BCUT2D eigenvalue weighted by Gasteiger charge is -2.17. The molecule has 0 aliphatic carbocycles. The van der Waals surface area contributed by atoms with Crippen molar-refractivity contribution in [2.45, 2.75) is 39.7 Å². The van der Waals surface area contributed by atoms with Crippen molar-refractivity contribution in [3.8, 4) is 0 Å². The first kappa shape index (κ1) is 18.1. The predicted molar refractivity (Wildman–Crippen MR) is 103 cm³/mol. The van der Waals surface area contributed by atoms with E-state index in [2.05, 4.69) is 46.4 Å². The number of amides is 1. The van der Waals surface area contributed by atoms with Crippen LogP contribution in [0.15, 0.2) is 29.8 Å². The Balaban J connectivity index is 1.37. The minimum Gasteiger partial charge on any atom is -0.356 e. The number of rotatable bonds is 7. The molecule has 0 bridgehead atoms. The molecule has 1 aromatic heterocycles. The van der Waals surface area contributed by atoms with Crippen LogP contribution in [0.4, 0.5) is 0 Å².